The molecule has 9 nitrogen and oxygen atoms in total. The van der Waals surface area contributed by atoms with Crippen molar-refractivity contribution in [3.63, 3.8) is 0 Å². The van der Waals surface area contributed by atoms with Gasteiger partial charge >= 0.3 is 11.9 Å². The largest absolute Gasteiger partial charge is 0.416 e. The maximum absolute atomic E-state index is 15.6. The van der Waals surface area contributed by atoms with Gasteiger partial charge in [0.05, 0.1) is 23.7 Å². The molecule has 258 valence electrons. The second-order valence-electron chi connectivity index (χ2n) is 12.7. The van der Waals surface area contributed by atoms with E-state index in [1.165, 1.54) is 16.8 Å². The van der Waals surface area contributed by atoms with E-state index < -0.39 is 23.2 Å². The highest BCUT2D eigenvalue weighted by atomic mass is 19.4. The molecule has 13 heteroatoms. The minimum atomic E-state index is -4.55. The second kappa shape index (κ2) is 15.4. The molecule has 0 unspecified atom stereocenters. The first-order valence-corrected chi connectivity index (χ1v) is 16.3. The molecule has 5 rings (SSSR count). The van der Waals surface area contributed by atoms with E-state index in [0.29, 0.717) is 71.7 Å². The third-order valence-electron chi connectivity index (χ3n) is 8.81. The van der Waals surface area contributed by atoms with E-state index in [2.05, 4.69) is 20.6 Å². The standard InChI is InChI=1S/C35H43F4N7O2/c1-21(40)42-13-12-27-8-3-4-9-31(43-27)29-11-10-28(18-30(29)36)46-19-24-17-32(44-33(24)45-34(46)47)23-14-22(6-5-7-26(41)20-48-2)15-25(16-23)35(37,38)39/h10-11,14-19,26-27,31,43H,3-9,12-13,20,41H2,1-2H3,(H2,40,42)(H,44,45,47)/t26-,27+,31+/m1/s1. The molecule has 48 heavy (non-hydrogen) atoms. The normalized spacial score (nSPS) is 17.7. The van der Waals surface area contributed by atoms with E-state index in [9.17, 15) is 18.0 Å². The van der Waals surface area contributed by atoms with Gasteiger partial charge in [-0.3, -0.25) is 9.98 Å². The van der Waals surface area contributed by atoms with Gasteiger partial charge in [-0.15, -0.1) is 0 Å². The van der Waals surface area contributed by atoms with Gasteiger partial charge in [-0.25, -0.2) is 9.18 Å². The van der Waals surface area contributed by atoms with Gasteiger partial charge in [-0.1, -0.05) is 18.9 Å². The highest BCUT2D eigenvalue weighted by molar-refractivity contribution is 5.83. The van der Waals surface area contributed by atoms with E-state index in [0.717, 1.165) is 44.2 Å². The summed E-state index contributed by atoms with van der Waals surface area (Å²) in [6, 6.07) is 10.0. The number of halogens is 4. The fraction of sp³-hybridized carbons (Fsp3) is 0.457. The molecule has 1 fully saturated rings. The van der Waals surface area contributed by atoms with Gasteiger partial charge in [0.1, 0.15) is 11.5 Å². The van der Waals surface area contributed by atoms with Gasteiger partial charge in [-0.2, -0.15) is 18.2 Å². The van der Waals surface area contributed by atoms with Crippen LogP contribution in [0.25, 0.3) is 28.0 Å². The van der Waals surface area contributed by atoms with Crippen LogP contribution in [-0.2, 0) is 17.3 Å². The quantitative estimate of drug-likeness (QED) is 0.0675. The Labute approximate surface area is 276 Å². The molecule has 3 atom stereocenters. The molecule has 4 aromatic rings. The number of aromatic amines is 1. The van der Waals surface area contributed by atoms with Crippen molar-refractivity contribution in [3.05, 3.63) is 81.7 Å². The maximum Gasteiger partial charge on any atom is 0.416 e. The van der Waals surface area contributed by atoms with Crippen molar-refractivity contribution in [1.29, 1.82) is 5.41 Å². The van der Waals surface area contributed by atoms with Crippen LogP contribution in [-0.4, -0.2) is 52.7 Å². The molecule has 0 bridgehead atoms. The monoisotopic (exact) mass is 669 g/mol. The summed E-state index contributed by atoms with van der Waals surface area (Å²) < 4.78 is 63.5. The first-order chi connectivity index (χ1) is 22.9. The molecule has 6 N–H and O–H groups in total. The van der Waals surface area contributed by atoms with Gasteiger partial charge in [-0.05, 0) is 93.0 Å². The molecule has 3 heterocycles. The van der Waals surface area contributed by atoms with Crippen LogP contribution in [0.15, 0.2) is 53.5 Å². The number of amidine groups is 1. The van der Waals surface area contributed by atoms with E-state index in [-0.39, 0.29) is 23.8 Å². The molecule has 0 aliphatic carbocycles. The molecule has 1 aliphatic heterocycles. The molecule has 1 saturated heterocycles. The topological polar surface area (TPSA) is 134 Å². The van der Waals surface area contributed by atoms with Crippen molar-refractivity contribution >= 4 is 16.9 Å². The third kappa shape index (κ3) is 8.88. The van der Waals surface area contributed by atoms with E-state index in [1.807, 2.05) is 0 Å². The summed E-state index contributed by atoms with van der Waals surface area (Å²) in [7, 11) is 1.55. The second-order valence-corrected chi connectivity index (χ2v) is 12.7. The molecule has 0 spiro atoms. The number of rotatable bonds is 12. The predicted molar refractivity (Wildman–Crippen MR) is 179 cm³/mol. The van der Waals surface area contributed by atoms with Crippen LogP contribution in [0.2, 0.25) is 0 Å². The number of methoxy groups -OCH3 is 1. The number of aromatic nitrogens is 3. The summed E-state index contributed by atoms with van der Waals surface area (Å²) >= 11 is 0. The number of H-pyrrole nitrogens is 1. The van der Waals surface area contributed by atoms with Crippen molar-refractivity contribution < 1.29 is 22.3 Å². The molecule has 2 aromatic carbocycles. The SMILES string of the molecule is COC[C@H](N)CCCc1cc(-c2cc3cn(-c4ccc([C@@H]5CCCC[C@@H](CCNC(C)=N)N5)c(F)c4)c(=O)nc3[nH]2)cc(C(F)(F)F)c1. The van der Waals surface area contributed by atoms with Crippen molar-refractivity contribution in [1.82, 2.24) is 25.2 Å². The van der Waals surface area contributed by atoms with Crippen LogP contribution < -0.4 is 22.1 Å². The summed E-state index contributed by atoms with van der Waals surface area (Å²) in [5.74, 6) is -0.0306. The number of nitrogens with zero attached hydrogens (tertiary/aromatic N) is 2. The van der Waals surface area contributed by atoms with Crippen LogP contribution in [0.5, 0.6) is 0 Å². The summed E-state index contributed by atoms with van der Waals surface area (Å²) in [6.07, 6.45) is 3.12. The Kier molecular flexibility index (Phi) is 11.3. The van der Waals surface area contributed by atoms with E-state index in [1.54, 1.807) is 38.3 Å². The van der Waals surface area contributed by atoms with Crippen molar-refractivity contribution in [2.75, 3.05) is 20.3 Å². The number of ether oxygens (including phenoxy) is 1. The van der Waals surface area contributed by atoms with Crippen LogP contribution >= 0.6 is 0 Å². The minimum absolute atomic E-state index is 0.184. The number of fused-ring (bicyclic) bond motifs is 1. The van der Waals surface area contributed by atoms with Crippen molar-refractivity contribution in [2.45, 2.75) is 82.6 Å². The van der Waals surface area contributed by atoms with Crippen LogP contribution in [0.3, 0.4) is 0 Å². The lowest BCUT2D eigenvalue weighted by Crippen LogP contribution is -2.35. The van der Waals surface area contributed by atoms with Gasteiger partial charge in [0, 0.05) is 54.6 Å². The van der Waals surface area contributed by atoms with E-state index in [4.69, 9.17) is 15.9 Å². The zero-order chi connectivity index (χ0) is 34.4. The first kappa shape index (κ1) is 35.2. The molecule has 0 radical (unpaired) electrons. The lowest BCUT2D eigenvalue weighted by Gasteiger charge is -2.24. The number of alkyl halides is 3. The number of nitrogens with two attached hydrogens (primary N) is 1. The molecule has 1 aliphatic rings. The Hall–Kier alpha value is -4.07. The smallest absolute Gasteiger partial charge is 0.383 e. The highest BCUT2D eigenvalue weighted by Gasteiger charge is 2.31. The Bertz CT molecular complexity index is 1790. The third-order valence-corrected chi connectivity index (χ3v) is 8.81. The average Bonchev–Trinajstić information content (AvgIpc) is 3.29. The lowest BCUT2D eigenvalue weighted by atomic mass is 9.98. The zero-order valence-electron chi connectivity index (χ0n) is 27.2. The van der Waals surface area contributed by atoms with E-state index >= 15 is 4.39 Å². The highest BCUT2D eigenvalue weighted by Crippen LogP contribution is 2.35. The minimum Gasteiger partial charge on any atom is -0.383 e. The number of hydrogen-bond donors (Lipinski definition) is 5. The van der Waals surface area contributed by atoms with Gasteiger partial charge in [0.2, 0.25) is 0 Å². The Morgan fingerprint density at radius 2 is 1.98 bits per heavy atom. The summed E-state index contributed by atoms with van der Waals surface area (Å²) in [5.41, 5.74) is 6.79. The summed E-state index contributed by atoms with van der Waals surface area (Å²) in [5, 5.41) is 14.7. The van der Waals surface area contributed by atoms with Crippen molar-refractivity contribution in [3.8, 4) is 16.9 Å². The Morgan fingerprint density at radius 3 is 2.71 bits per heavy atom. The van der Waals surface area contributed by atoms with Gasteiger partial charge in [0.15, 0.2) is 0 Å². The predicted octanol–water partition coefficient (Wildman–Crippen LogP) is 6.39. The fourth-order valence-corrected chi connectivity index (χ4v) is 6.40. The first-order valence-electron chi connectivity index (χ1n) is 16.3. The average molecular weight is 670 g/mol. The molecular formula is C35H43F4N7O2. The number of nitrogens with one attached hydrogen (secondary N) is 4. The van der Waals surface area contributed by atoms with Gasteiger partial charge in [0.25, 0.3) is 0 Å². The van der Waals surface area contributed by atoms with Crippen LogP contribution in [0.1, 0.15) is 74.6 Å². The number of aryl methyl sites for hydroxylation is 1. The maximum atomic E-state index is 15.6. The molecular weight excluding hydrogens is 626 g/mol. The zero-order valence-corrected chi connectivity index (χ0v) is 27.2. The molecule has 2 aromatic heterocycles. The Morgan fingerprint density at radius 1 is 1.19 bits per heavy atom. The van der Waals surface area contributed by atoms with Gasteiger partial charge < -0.3 is 26.1 Å². The molecule has 0 saturated carbocycles. The van der Waals surface area contributed by atoms with Crippen LogP contribution in [0.4, 0.5) is 17.6 Å². The van der Waals surface area contributed by atoms with Crippen LogP contribution in [0, 0.1) is 11.2 Å². The Balaban J connectivity index is 1.39. The fourth-order valence-electron chi connectivity index (χ4n) is 6.40. The van der Waals surface area contributed by atoms with Crippen molar-refractivity contribution in [2.24, 2.45) is 5.73 Å². The summed E-state index contributed by atoms with van der Waals surface area (Å²) in [4.78, 5) is 20.2. The molecule has 0 amide bonds. The number of hydrogen-bond acceptors (Lipinski definition) is 6. The summed E-state index contributed by atoms with van der Waals surface area (Å²) in [6.45, 7) is 2.74. The lowest BCUT2D eigenvalue weighted by molar-refractivity contribution is -0.137. The number of benzene rings is 2.